The van der Waals surface area contributed by atoms with Gasteiger partial charge in [-0.05, 0) is 30.5 Å². The zero-order valence-electron chi connectivity index (χ0n) is 11.8. The minimum atomic E-state index is -4.42. The van der Waals surface area contributed by atoms with Crippen molar-refractivity contribution in [1.82, 2.24) is 4.90 Å². The molecular weight excluding hydrogens is 269 g/mol. The number of anilines is 1. The third-order valence-electron chi connectivity index (χ3n) is 2.73. The minimum absolute atomic E-state index is 0.0482. The van der Waals surface area contributed by atoms with Crippen LogP contribution in [0.25, 0.3) is 0 Å². The number of rotatable bonds is 4. The fourth-order valence-electron chi connectivity index (χ4n) is 1.92. The smallest absolute Gasteiger partial charge is 0.399 e. The zero-order chi connectivity index (χ0) is 15.5. The van der Waals surface area contributed by atoms with E-state index in [1.807, 2.05) is 0 Å². The molecule has 2 N–H and O–H groups in total. The van der Waals surface area contributed by atoms with Gasteiger partial charge in [0.25, 0.3) is 5.91 Å². The van der Waals surface area contributed by atoms with Crippen molar-refractivity contribution in [2.24, 2.45) is 5.92 Å². The molecule has 3 nitrogen and oxygen atoms in total. The molecule has 0 aromatic heterocycles. The molecule has 0 heterocycles. The molecule has 0 aliphatic rings. The lowest BCUT2D eigenvalue weighted by atomic mass is 10.1. The molecule has 20 heavy (non-hydrogen) atoms. The van der Waals surface area contributed by atoms with Gasteiger partial charge in [0.05, 0.1) is 0 Å². The standard InChI is InChI=1S/C14H19F3N2O/c1-9(2)7-19(8-14(15,16)17)13(20)12-6-11(18)5-4-10(12)3/h4-6,9H,7-8,18H2,1-3H3. The van der Waals surface area contributed by atoms with Gasteiger partial charge >= 0.3 is 6.18 Å². The Morgan fingerprint density at radius 2 is 1.95 bits per heavy atom. The molecule has 0 radical (unpaired) electrons. The van der Waals surface area contributed by atoms with Crippen molar-refractivity contribution < 1.29 is 18.0 Å². The quantitative estimate of drug-likeness (QED) is 0.865. The van der Waals surface area contributed by atoms with E-state index in [2.05, 4.69) is 0 Å². The van der Waals surface area contributed by atoms with Crippen LogP contribution in [0.15, 0.2) is 18.2 Å². The van der Waals surface area contributed by atoms with Crippen molar-refractivity contribution in [3.63, 3.8) is 0 Å². The zero-order valence-corrected chi connectivity index (χ0v) is 11.8. The first-order valence-corrected chi connectivity index (χ1v) is 6.32. The van der Waals surface area contributed by atoms with Gasteiger partial charge in [0.1, 0.15) is 6.54 Å². The maximum Gasteiger partial charge on any atom is 0.406 e. The molecule has 112 valence electrons. The van der Waals surface area contributed by atoms with Crippen LogP contribution in [0.5, 0.6) is 0 Å². The summed E-state index contributed by atoms with van der Waals surface area (Å²) in [6.07, 6.45) is -4.42. The van der Waals surface area contributed by atoms with Crippen molar-refractivity contribution in [3.05, 3.63) is 29.3 Å². The normalized spacial score (nSPS) is 11.8. The van der Waals surface area contributed by atoms with Crippen LogP contribution in [-0.2, 0) is 0 Å². The summed E-state index contributed by atoms with van der Waals surface area (Å²) in [6, 6.07) is 4.66. The van der Waals surface area contributed by atoms with Gasteiger partial charge in [-0.15, -0.1) is 0 Å². The summed E-state index contributed by atoms with van der Waals surface area (Å²) in [5.74, 6) is -0.691. The van der Waals surface area contributed by atoms with Gasteiger partial charge in [-0.1, -0.05) is 19.9 Å². The second-order valence-electron chi connectivity index (χ2n) is 5.27. The van der Waals surface area contributed by atoms with Crippen molar-refractivity contribution in [1.29, 1.82) is 0 Å². The van der Waals surface area contributed by atoms with Crippen LogP contribution in [0.1, 0.15) is 29.8 Å². The van der Waals surface area contributed by atoms with Gasteiger partial charge in [0, 0.05) is 17.8 Å². The number of nitrogens with two attached hydrogens (primary N) is 1. The number of hydrogen-bond acceptors (Lipinski definition) is 2. The first-order chi connectivity index (χ1) is 9.10. The molecule has 0 saturated carbocycles. The number of nitrogen functional groups attached to an aromatic ring is 1. The van der Waals surface area contributed by atoms with E-state index in [-0.39, 0.29) is 18.0 Å². The summed E-state index contributed by atoms with van der Waals surface area (Å²) >= 11 is 0. The SMILES string of the molecule is Cc1ccc(N)cc1C(=O)N(CC(C)C)CC(F)(F)F. The highest BCUT2D eigenvalue weighted by molar-refractivity contribution is 5.96. The Balaban J connectivity index is 3.06. The fourth-order valence-corrected chi connectivity index (χ4v) is 1.92. The third-order valence-corrected chi connectivity index (χ3v) is 2.73. The molecule has 0 bridgehead atoms. The predicted molar refractivity (Wildman–Crippen MR) is 72.4 cm³/mol. The van der Waals surface area contributed by atoms with E-state index in [1.165, 1.54) is 6.07 Å². The van der Waals surface area contributed by atoms with Crippen LogP contribution in [0.3, 0.4) is 0 Å². The van der Waals surface area contributed by atoms with Crippen molar-refractivity contribution in [2.75, 3.05) is 18.8 Å². The molecule has 6 heteroatoms. The molecule has 1 amide bonds. The number of carbonyl (C=O) groups excluding carboxylic acids is 1. The van der Waals surface area contributed by atoms with E-state index >= 15 is 0 Å². The number of benzene rings is 1. The van der Waals surface area contributed by atoms with Crippen molar-refractivity contribution in [2.45, 2.75) is 26.9 Å². The lowest BCUT2D eigenvalue weighted by molar-refractivity contribution is -0.141. The second kappa shape index (κ2) is 6.15. The Morgan fingerprint density at radius 1 is 1.35 bits per heavy atom. The highest BCUT2D eigenvalue weighted by Crippen LogP contribution is 2.21. The van der Waals surface area contributed by atoms with E-state index in [0.29, 0.717) is 11.3 Å². The summed E-state index contributed by atoms with van der Waals surface area (Å²) in [7, 11) is 0. The monoisotopic (exact) mass is 288 g/mol. The molecular formula is C14H19F3N2O. The average Bonchev–Trinajstić information content (AvgIpc) is 2.28. The van der Waals surface area contributed by atoms with Crippen LogP contribution >= 0.6 is 0 Å². The molecule has 1 aromatic rings. The van der Waals surface area contributed by atoms with E-state index in [9.17, 15) is 18.0 Å². The van der Waals surface area contributed by atoms with Gasteiger partial charge in [-0.2, -0.15) is 13.2 Å². The number of aryl methyl sites for hydroxylation is 1. The number of halogens is 3. The third kappa shape index (κ3) is 4.75. The minimum Gasteiger partial charge on any atom is -0.399 e. The lowest BCUT2D eigenvalue weighted by Gasteiger charge is -2.26. The number of nitrogens with zero attached hydrogens (tertiary/aromatic N) is 1. The van der Waals surface area contributed by atoms with Gasteiger partial charge in [0.15, 0.2) is 0 Å². The summed E-state index contributed by atoms with van der Waals surface area (Å²) in [5, 5.41) is 0. The van der Waals surface area contributed by atoms with Gasteiger partial charge in [-0.3, -0.25) is 4.79 Å². The van der Waals surface area contributed by atoms with Crippen LogP contribution in [0.4, 0.5) is 18.9 Å². The summed E-state index contributed by atoms with van der Waals surface area (Å²) < 4.78 is 37.8. The summed E-state index contributed by atoms with van der Waals surface area (Å²) in [4.78, 5) is 13.1. The fraction of sp³-hybridized carbons (Fsp3) is 0.500. The molecule has 0 atom stereocenters. The Hall–Kier alpha value is -1.72. The number of carbonyl (C=O) groups is 1. The van der Waals surface area contributed by atoms with Gasteiger partial charge in [0.2, 0.25) is 0 Å². The molecule has 0 spiro atoms. The number of hydrogen-bond donors (Lipinski definition) is 1. The summed E-state index contributed by atoms with van der Waals surface area (Å²) in [6.45, 7) is 4.00. The maximum absolute atomic E-state index is 12.6. The predicted octanol–water partition coefficient (Wildman–Crippen LogP) is 3.24. The first kappa shape index (κ1) is 16.3. The van der Waals surface area contributed by atoms with Crippen molar-refractivity contribution in [3.8, 4) is 0 Å². The molecule has 0 aliphatic heterocycles. The van der Waals surface area contributed by atoms with E-state index in [4.69, 9.17) is 5.73 Å². The highest BCUT2D eigenvalue weighted by atomic mass is 19.4. The topological polar surface area (TPSA) is 46.3 Å². The van der Waals surface area contributed by atoms with Crippen LogP contribution in [-0.4, -0.2) is 30.1 Å². The highest BCUT2D eigenvalue weighted by Gasteiger charge is 2.33. The summed E-state index contributed by atoms with van der Waals surface area (Å²) in [5.41, 5.74) is 6.79. The van der Waals surface area contributed by atoms with Gasteiger partial charge < -0.3 is 10.6 Å². The van der Waals surface area contributed by atoms with Crippen LogP contribution in [0.2, 0.25) is 0 Å². The number of alkyl halides is 3. The van der Waals surface area contributed by atoms with Gasteiger partial charge in [-0.25, -0.2) is 0 Å². The Kier molecular flexibility index (Phi) is 5.03. The number of amides is 1. The second-order valence-corrected chi connectivity index (χ2v) is 5.27. The Bertz CT molecular complexity index is 484. The molecule has 0 unspecified atom stereocenters. The van der Waals surface area contributed by atoms with Crippen LogP contribution < -0.4 is 5.73 Å². The lowest BCUT2D eigenvalue weighted by Crippen LogP contribution is -2.41. The largest absolute Gasteiger partial charge is 0.406 e. The van der Waals surface area contributed by atoms with E-state index in [1.54, 1.807) is 32.9 Å². The van der Waals surface area contributed by atoms with E-state index < -0.39 is 18.6 Å². The maximum atomic E-state index is 12.6. The molecule has 0 fully saturated rings. The van der Waals surface area contributed by atoms with E-state index in [0.717, 1.165) is 4.90 Å². The molecule has 0 saturated heterocycles. The molecule has 0 aliphatic carbocycles. The first-order valence-electron chi connectivity index (χ1n) is 6.32. The Labute approximate surface area is 116 Å². The Morgan fingerprint density at radius 3 is 2.45 bits per heavy atom. The van der Waals surface area contributed by atoms with Crippen LogP contribution in [0, 0.1) is 12.8 Å². The molecule has 1 rings (SSSR count). The van der Waals surface area contributed by atoms with Crippen molar-refractivity contribution >= 4 is 11.6 Å². The molecule has 1 aromatic carbocycles. The average molecular weight is 288 g/mol.